The second kappa shape index (κ2) is 8.37. The maximum Gasteiger partial charge on any atom is 0.317 e. The predicted octanol–water partition coefficient (Wildman–Crippen LogP) is 3.46. The molecule has 0 spiro atoms. The van der Waals surface area contributed by atoms with Crippen LogP contribution in [0, 0.1) is 0 Å². The zero-order chi connectivity index (χ0) is 23.1. The van der Waals surface area contributed by atoms with E-state index in [9.17, 15) is 14.8 Å². The second-order valence-electron chi connectivity index (χ2n) is 11.1. The molecular formula is C22H40N2O6. The highest BCUT2D eigenvalue weighted by Crippen LogP contribution is 2.41. The van der Waals surface area contributed by atoms with Crippen LogP contribution in [0.3, 0.4) is 0 Å². The van der Waals surface area contributed by atoms with Crippen molar-refractivity contribution in [3.8, 4) is 0 Å². The van der Waals surface area contributed by atoms with Crippen molar-refractivity contribution in [2.45, 2.75) is 122 Å². The Morgan fingerprint density at radius 2 is 1.47 bits per heavy atom. The molecule has 0 aromatic heterocycles. The highest BCUT2D eigenvalue weighted by Gasteiger charge is 2.53. The van der Waals surface area contributed by atoms with Crippen LogP contribution in [0.2, 0.25) is 0 Å². The molecule has 174 valence electrons. The average molecular weight is 429 g/mol. The van der Waals surface area contributed by atoms with E-state index in [2.05, 4.69) is 27.7 Å². The van der Waals surface area contributed by atoms with Gasteiger partial charge in [-0.2, -0.15) is 10.1 Å². The van der Waals surface area contributed by atoms with Crippen molar-refractivity contribution >= 4 is 11.9 Å². The van der Waals surface area contributed by atoms with Crippen LogP contribution in [0.4, 0.5) is 0 Å². The van der Waals surface area contributed by atoms with Gasteiger partial charge in [0.1, 0.15) is 18.6 Å². The molecule has 2 fully saturated rings. The third-order valence-electron chi connectivity index (χ3n) is 6.54. The first-order chi connectivity index (χ1) is 13.5. The SMILES string of the molecule is CON1C(C)(C)CCC(OC(=O)CC(=O)OC2CC(C)(C)N(O)C2(C)C)CC1(C)C. The minimum Gasteiger partial charge on any atom is -0.462 e. The molecule has 0 radical (unpaired) electrons. The number of rotatable bonds is 5. The molecule has 0 bridgehead atoms. The maximum absolute atomic E-state index is 12.5. The largest absolute Gasteiger partial charge is 0.462 e. The van der Waals surface area contributed by atoms with Gasteiger partial charge in [-0.15, -0.1) is 0 Å². The van der Waals surface area contributed by atoms with E-state index in [4.69, 9.17) is 14.3 Å². The summed E-state index contributed by atoms with van der Waals surface area (Å²) in [5.74, 6) is -1.21. The Balaban J connectivity index is 1.95. The third-order valence-corrected chi connectivity index (χ3v) is 6.54. The van der Waals surface area contributed by atoms with Crippen molar-refractivity contribution in [1.29, 1.82) is 0 Å². The molecule has 2 aliphatic rings. The molecule has 2 saturated heterocycles. The molecule has 0 amide bonds. The summed E-state index contributed by atoms with van der Waals surface area (Å²) in [6.45, 7) is 15.7. The van der Waals surface area contributed by atoms with Gasteiger partial charge in [0.05, 0.1) is 12.6 Å². The maximum atomic E-state index is 12.5. The average Bonchev–Trinajstić information content (AvgIpc) is 2.66. The lowest BCUT2D eigenvalue weighted by atomic mass is 9.95. The molecule has 8 nitrogen and oxygen atoms in total. The number of hydrogen-bond acceptors (Lipinski definition) is 8. The van der Waals surface area contributed by atoms with Crippen LogP contribution in [0.25, 0.3) is 0 Å². The molecule has 0 aromatic carbocycles. The highest BCUT2D eigenvalue weighted by atomic mass is 16.7. The van der Waals surface area contributed by atoms with E-state index in [1.165, 1.54) is 5.06 Å². The fourth-order valence-electron chi connectivity index (χ4n) is 5.21. The lowest BCUT2D eigenvalue weighted by molar-refractivity contribution is -0.247. The molecule has 0 aliphatic carbocycles. The minimum absolute atomic E-state index is 0.199. The zero-order valence-electron chi connectivity index (χ0n) is 20.1. The van der Waals surface area contributed by atoms with Crippen molar-refractivity contribution in [1.82, 2.24) is 10.1 Å². The van der Waals surface area contributed by atoms with E-state index in [1.54, 1.807) is 7.11 Å². The Morgan fingerprint density at radius 1 is 0.900 bits per heavy atom. The van der Waals surface area contributed by atoms with Crippen molar-refractivity contribution in [2.75, 3.05) is 7.11 Å². The van der Waals surface area contributed by atoms with E-state index in [1.807, 2.05) is 32.8 Å². The Labute approximate surface area is 180 Å². The number of hydroxylamine groups is 4. The van der Waals surface area contributed by atoms with Crippen LogP contribution in [0.1, 0.15) is 87.5 Å². The van der Waals surface area contributed by atoms with Crippen molar-refractivity contribution < 1.29 is 29.1 Å². The number of ether oxygens (including phenoxy) is 2. The van der Waals surface area contributed by atoms with Gasteiger partial charge < -0.3 is 19.5 Å². The van der Waals surface area contributed by atoms with E-state index >= 15 is 0 Å². The van der Waals surface area contributed by atoms with Gasteiger partial charge in [-0.1, -0.05) is 0 Å². The van der Waals surface area contributed by atoms with Crippen molar-refractivity contribution in [3.05, 3.63) is 0 Å². The van der Waals surface area contributed by atoms with E-state index < -0.39 is 35.5 Å². The van der Waals surface area contributed by atoms with Crippen LogP contribution in [0.5, 0.6) is 0 Å². The van der Waals surface area contributed by atoms with E-state index in [0.29, 0.717) is 19.3 Å². The molecule has 1 N–H and O–H groups in total. The number of esters is 2. The fourth-order valence-corrected chi connectivity index (χ4v) is 5.21. The van der Waals surface area contributed by atoms with E-state index in [-0.39, 0.29) is 17.2 Å². The quantitative estimate of drug-likeness (QED) is 0.526. The molecule has 2 unspecified atom stereocenters. The fraction of sp³-hybridized carbons (Fsp3) is 0.909. The third kappa shape index (κ3) is 5.15. The summed E-state index contributed by atoms with van der Waals surface area (Å²) in [7, 11) is 1.66. The molecular weight excluding hydrogens is 388 g/mol. The minimum atomic E-state index is -0.733. The molecule has 2 aliphatic heterocycles. The Bertz CT molecular complexity index is 658. The summed E-state index contributed by atoms with van der Waals surface area (Å²) in [4.78, 5) is 30.5. The van der Waals surface area contributed by atoms with Crippen LogP contribution in [0.15, 0.2) is 0 Å². The van der Waals surface area contributed by atoms with Gasteiger partial charge in [-0.25, -0.2) is 0 Å². The zero-order valence-corrected chi connectivity index (χ0v) is 20.1. The number of hydrogen-bond donors (Lipinski definition) is 1. The Kier molecular flexibility index (Phi) is 6.99. The summed E-state index contributed by atoms with van der Waals surface area (Å²) < 4.78 is 11.2. The predicted molar refractivity (Wildman–Crippen MR) is 112 cm³/mol. The number of carbonyl (C=O) groups excluding carboxylic acids is 2. The normalized spacial score (nSPS) is 30.5. The summed E-state index contributed by atoms with van der Waals surface area (Å²) in [6.07, 6.45) is 1.34. The van der Waals surface area contributed by atoms with Gasteiger partial charge in [-0.05, 0) is 68.2 Å². The number of carbonyl (C=O) groups is 2. The first-order valence-corrected chi connectivity index (χ1v) is 10.8. The molecule has 8 heteroatoms. The smallest absolute Gasteiger partial charge is 0.317 e. The van der Waals surface area contributed by atoms with Gasteiger partial charge in [0, 0.05) is 29.5 Å². The van der Waals surface area contributed by atoms with Crippen LogP contribution >= 0.6 is 0 Å². The molecule has 2 heterocycles. The van der Waals surface area contributed by atoms with Gasteiger partial charge in [0.25, 0.3) is 0 Å². The molecule has 0 aromatic rings. The standard InChI is InChI=1S/C22H40N2O6/c1-19(2)11-10-15(13-21(5,6)24(19)28-9)29-17(25)12-18(26)30-16-14-20(3,4)23(27)22(16,7)8/h15-16,27H,10-14H2,1-9H3. The summed E-state index contributed by atoms with van der Waals surface area (Å²) in [5, 5.41) is 13.6. The lowest BCUT2D eigenvalue weighted by Gasteiger charge is -2.44. The molecule has 2 rings (SSSR count). The van der Waals surface area contributed by atoms with Crippen molar-refractivity contribution in [2.24, 2.45) is 0 Å². The topological polar surface area (TPSA) is 88.5 Å². The van der Waals surface area contributed by atoms with Crippen LogP contribution < -0.4 is 0 Å². The molecule has 2 atom stereocenters. The van der Waals surface area contributed by atoms with Crippen molar-refractivity contribution in [3.63, 3.8) is 0 Å². The van der Waals surface area contributed by atoms with Gasteiger partial charge in [-0.3, -0.25) is 9.59 Å². The monoisotopic (exact) mass is 428 g/mol. The number of nitrogens with zero attached hydrogens (tertiary/aromatic N) is 2. The van der Waals surface area contributed by atoms with Gasteiger partial charge in [0.15, 0.2) is 0 Å². The van der Waals surface area contributed by atoms with Gasteiger partial charge >= 0.3 is 11.9 Å². The Hall–Kier alpha value is -1.22. The van der Waals surface area contributed by atoms with Crippen LogP contribution in [-0.4, -0.2) is 68.7 Å². The highest BCUT2D eigenvalue weighted by molar-refractivity contribution is 5.91. The van der Waals surface area contributed by atoms with Crippen LogP contribution in [-0.2, 0) is 23.9 Å². The first kappa shape index (κ1) is 25.0. The lowest BCUT2D eigenvalue weighted by Crippen LogP contribution is -2.53. The van der Waals surface area contributed by atoms with Gasteiger partial charge in [0.2, 0.25) is 0 Å². The summed E-state index contributed by atoms with van der Waals surface area (Å²) >= 11 is 0. The summed E-state index contributed by atoms with van der Waals surface area (Å²) in [6, 6.07) is 0. The molecule has 0 saturated carbocycles. The first-order valence-electron chi connectivity index (χ1n) is 10.8. The van der Waals surface area contributed by atoms with E-state index in [0.717, 1.165) is 6.42 Å². The molecule has 30 heavy (non-hydrogen) atoms. The Morgan fingerprint density at radius 3 is 1.97 bits per heavy atom. The second-order valence-corrected chi connectivity index (χ2v) is 11.1. The summed E-state index contributed by atoms with van der Waals surface area (Å²) in [5.41, 5.74) is -1.77.